The third kappa shape index (κ3) is 5.00. The fourth-order valence-electron chi connectivity index (χ4n) is 3.61. The van der Waals surface area contributed by atoms with Gasteiger partial charge in [-0.3, -0.25) is 4.79 Å². The normalized spacial score (nSPS) is 15.4. The van der Waals surface area contributed by atoms with Crippen molar-refractivity contribution in [3.8, 4) is 23.0 Å². The molecule has 1 unspecified atom stereocenters. The quantitative estimate of drug-likeness (QED) is 0.449. The van der Waals surface area contributed by atoms with Crippen LogP contribution >= 0.6 is 0 Å². The lowest BCUT2D eigenvalue weighted by atomic mass is 9.92. The molecular weight excluding hydrogens is 392 g/mol. The fraction of sp³-hybridized carbons (Fsp3) is 0.269. The van der Waals surface area contributed by atoms with E-state index >= 15 is 0 Å². The molecule has 1 aliphatic rings. The van der Waals surface area contributed by atoms with Crippen molar-refractivity contribution in [1.29, 1.82) is 0 Å². The Morgan fingerprint density at radius 3 is 2.61 bits per heavy atom. The summed E-state index contributed by atoms with van der Waals surface area (Å²) in [6, 6.07) is 6.43. The van der Waals surface area contributed by atoms with Gasteiger partial charge in [0.1, 0.15) is 34.7 Å². The Morgan fingerprint density at radius 2 is 1.97 bits per heavy atom. The summed E-state index contributed by atoms with van der Waals surface area (Å²) in [6.45, 7) is 9.91. The molecule has 1 aliphatic heterocycles. The van der Waals surface area contributed by atoms with Gasteiger partial charge in [0.15, 0.2) is 5.78 Å². The third-order valence-corrected chi connectivity index (χ3v) is 5.06. The number of phenols is 2. The molecule has 0 fully saturated rings. The summed E-state index contributed by atoms with van der Waals surface area (Å²) < 4.78 is 11.8. The highest BCUT2D eigenvalue weighted by Crippen LogP contribution is 2.42. The average molecular weight is 421 g/mol. The Morgan fingerprint density at radius 1 is 1.23 bits per heavy atom. The van der Waals surface area contributed by atoms with E-state index in [0.29, 0.717) is 6.42 Å². The molecular formula is C26H28O5. The number of hydrogen-bond acceptors (Lipinski definition) is 5. The summed E-state index contributed by atoms with van der Waals surface area (Å²) >= 11 is 0. The summed E-state index contributed by atoms with van der Waals surface area (Å²) in [4.78, 5) is 12.7. The molecule has 3 rings (SSSR count). The second kappa shape index (κ2) is 9.13. The van der Waals surface area contributed by atoms with Crippen molar-refractivity contribution in [2.24, 2.45) is 0 Å². The van der Waals surface area contributed by atoms with Crippen molar-refractivity contribution in [1.82, 2.24) is 0 Å². The van der Waals surface area contributed by atoms with Gasteiger partial charge in [-0.05, 0) is 50.5 Å². The van der Waals surface area contributed by atoms with Crippen LogP contribution in [0.1, 0.15) is 60.3 Å². The van der Waals surface area contributed by atoms with Crippen LogP contribution in [0.3, 0.4) is 0 Å². The molecule has 0 saturated carbocycles. The molecule has 1 heterocycles. The van der Waals surface area contributed by atoms with Gasteiger partial charge in [-0.25, -0.2) is 0 Å². The molecule has 1 atom stereocenters. The van der Waals surface area contributed by atoms with E-state index in [-0.39, 0.29) is 35.0 Å². The summed E-state index contributed by atoms with van der Waals surface area (Å²) in [5.41, 5.74) is 4.86. The van der Waals surface area contributed by atoms with Crippen molar-refractivity contribution in [2.45, 2.75) is 39.7 Å². The SMILES string of the molecule is C=C(C)C=Cc1cc(C2CC(=O)c3c(O)cc(O)cc3O2)cc(CC=C(C)C)c1OC. The summed E-state index contributed by atoms with van der Waals surface area (Å²) in [5, 5.41) is 19.9. The number of Topliss-reactive ketones (excluding diaryl/α,β-unsaturated/α-hetero) is 1. The van der Waals surface area contributed by atoms with Crippen molar-refractivity contribution in [3.63, 3.8) is 0 Å². The maximum atomic E-state index is 12.7. The van der Waals surface area contributed by atoms with Crippen molar-refractivity contribution >= 4 is 11.9 Å². The maximum absolute atomic E-state index is 12.7. The van der Waals surface area contributed by atoms with Crippen molar-refractivity contribution in [3.05, 3.63) is 76.4 Å². The number of phenolic OH excluding ortho intramolecular Hbond substituents is 2. The molecule has 0 bridgehead atoms. The maximum Gasteiger partial charge on any atom is 0.174 e. The van der Waals surface area contributed by atoms with Crippen LogP contribution in [0.5, 0.6) is 23.0 Å². The molecule has 0 aromatic heterocycles. The zero-order valence-corrected chi connectivity index (χ0v) is 18.4. The number of methoxy groups -OCH3 is 1. The first-order chi connectivity index (χ1) is 14.7. The molecule has 2 aromatic carbocycles. The molecule has 2 N–H and O–H groups in total. The van der Waals surface area contributed by atoms with Gasteiger partial charge >= 0.3 is 0 Å². The van der Waals surface area contributed by atoms with Gasteiger partial charge in [-0.2, -0.15) is 0 Å². The molecule has 0 spiro atoms. The van der Waals surface area contributed by atoms with Gasteiger partial charge in [0, 0.05) is 17.7 Å². The van der Waals surface area contributed by atoms with Crippen LogP contribution in [0.15, 0.2) is 54.1 Å². The standard InChI is InChI=1S/C26H28O5/c1-15(2)6-8-17-10-19(11-18(26(17)30-5)9-7-16(3)4)23-14-22(29)25-21(28)12-20(27)13-24(25)31-23/h6-8,10-13,23,27-28H,1,9,14H2,2-5H3. The number of ketones is 1. The molecule has 0 aliphatic carbocycles. The van der Waals surface area contributed by atoms with E-state index in [2.05, 4.69) is 12.7 Å². The highest BCUT2D eigenvalue weighted by molar-refractivity contribution is 6.02. The largest absolute Gasteiger partial charge is 0.508 e. The van der Waals surface area contributed by atoms with Crippen LogP contribution in [0.25, 0.3) is 6.08 Å². The number of ether oxygens (including phenoxy) is 2. The highest BCUT2D eigenvalue weighted by atomic mass is 16.5. The molecule has 2 aromatic rings. The van der Waals surface area contributed by atoms with Crippen LogP contribution in [0.2, 0.25) is 0 Å². The number of rotatable bonds is 6. The minimum atomic E-state index is -0.547. The van der Waals surface area contributed by atoms with Gasteiger partial charge in [0.05, 0.1) is 13.5 Å². The average Bonchev–Trinajstić information content (AvgIpc) is 2.69. The minimum absolute atomic E-state index is 0.0867. The van der Waals surface area contributed by atoms with E-state index < -0.39 is 6.10 Å². The summed E-state index contributed by atoms with van der Waals surface area (Å²) in [5.74, 6) is 0.275. The zero-order chi connectivity index (χ0) is 22.7. The highest BCUT2D eigenvalue weighted by Gasteiger charge is 2.31. The van der Waals surface area contributed by atoms with Crippen molar-refractivity contribution in [2.75, 3.05) is 7.11 Å². The number of carbonyl (C=O) groups is 1. The first-order valence-electron chi connectivity index (χ1n) is 10.1. The van der Waals surface area contributed by atoms with Gasteiger partial charge in [0.25, 0.3) is 0 Å². The summed E-state index contributed by atoms with van der Waals surface area (Å²) in [6.07, 6.45) is 6.17. The number of benzene rings is 2. The van der Waals surface area contributed by atoms with E-state index in [4.69, 9.17) is 9.47 Å². The fourth-order valence-corrected chi connectivity index (χ4v) is 3.61. The predicted octanol–water partition coefficient (Wildman–Crippen LogP) is 5.91. The van der Waals surface area contributed by atoms with E-state index in [1.54, 1.807) is 7.11 Å². The number of aromatic hydroxyl groups is 2. The number of carbonyl (C=O) groups excluding carboxylic acids is 1. The lowest BCUT2D eigenvalue weighted by molar-refractivity contribution is 0.0844. The van der Waals surface area contributed by atoms with E-state index in [1.165, 1.54) is 11.6 Å². The number of fused-ring (bicyclic) bond motifs is 1. The first-order valence-corrected chi connectivity index (χ1v) is 10.1. The third-order valence-electron chi connectivity index (χ3n) is 5.06. The van der Waals surface area contributed by atoms with Crippen LogP contribution in [-0.4, -0.2) is 23.1 Å². The smallest absolute Gasteiger partial charge is 0.174 e. The molecule has 162 valence electrons. The Kier molecular flexibility index (Phi) is 6.54. The molecule has 0 radical (unpaired) electrons. The van der Waals surface area contributed by atoms with Crippen LogP contribution in [0, 0.1) is 0 Å². The second-order valence-electron chi connectivity index (χ2n) is 8.04. The Hall–Kier alpha value is -3.47. The second-order valence-corrected chi connectivity index (χ2v) is 8.04. The Labute approximate surface area is 183 Å². The van der Waals surface area contributed by atoms with Crippen LogP contribution in [0.4, 0.5) is 0 Å². The van der Waals surface area contributed by atoms with Crippen LogP contribution in [-0.2, 0) is 6.42 Å². The Bertz CT molecular complexity index is 1090. The summed E-state index contributed by atoms with van der Waals surface area (Å²) in [7, 11) is 1.64. The number of hydrogen-bond donors (Lipinski definition) is 2. The van der Waals surface area contributed by atoms with Gasteiger partial charge in [0.2, 0.25) is 0 Å². The van der Waals surface area contributed by atoms with Crippen molar-refractivity contribution < 1.29 is 24.5 Å². The molecule has 0 saturated heterocycles. The van der Waals surface area contributed by atoms with E-state index in [1.807, 2.05) is 45.1 Å². The predicted molar refractivity (Wildman–Crippen MR) is 122 cm³/mol. The topological polar surface area (TPSA) is 76.0 Å². The van der Waals surface area contributed by atoms with E-state index in [9.17, 15) is 15.0 Å². The molecule has 5 nitrogen and oxygen atoms in total. The Balaban J connectivity index is 2.10. The van der Waals surface area contributed by atoms with E-state index in [0.717, 1.165) is 34.1 Å². The molecule has 31 heavy (non-hydrogen) atoms. The first kappa shape index (κ1) is 22.2. The lowest BCUT2D eigenvalue weighted by Gasteiger charge is -2.27. The molecule has 0 amide bonds. The zero-order valence-electron chi connectivity index (χ0n) is 18.4. The van der Waals surface area contributed by atoms with Gasteiger partial charge < -0.3 is 19.7 Å². The van der Waals surface area contributed by atoms with Gasteiger partial charge in [-0.1, -0.05) is 36.0 Å². The monoisotopic (exact) mass is 420 g/mol. The minimum Gasteiger partial charge on any atom is -0.508 e. The van der Waals surface area contributed by atoms with Crippen LogP contribution < -0.4 is 9.47 Å². The number of allylic oxidation sites excluding steroid dienone is 4. The van der Waals surface area contributed by atoms with Gasteiger partial charge in [-0.15, -0.1) is 0 Å². The lowest BCUT2D eigenvalue weighted by Crippen LogP contribution is -2.21. The molecule has 5 heteroatoms.